The van der Waals surface area contributed by atoms with Crippen molar-refractivity contribution in [1.29, 1.82) is 0 Å². The zero-order chi connectivity index (χ0) is 17.3. The highest BCUT2D eigenvalue weighted by atomic mass is 35.5. The molecule has 1 fully saturated rings. The van der Waals surface area contributed by atoms with E-state index in [4.69, 9.17) is 11.6 Å². The van der Waals surface area contributed by atoms with Crippen LogP contribution in [0.1, 0.15) is 6.42 Å². The van der Waals surface area contributed by atoms with Crippen LogP contribution in [0.4, 0.5) is 15.8 Å². The molecule has 1 aliphatic heterocycles. The van der Waals surface area contributed by atoms with E-state index in [1.165, 1.54) is 35.2 Å². The highest BCUT2D eigenvalue weighted by Gasteiger charge is 2.35. The topological polar surface area (TPSA) is 69.6 Å². The van der Waals surface area contributed by atoms with Gasteiger partial charge >= 0.3 is 0 Å². The van der Waals surface area contributed by atoms with Crippen molar-refractivity contribution in [2.24, 2.45) is 5.92 Å². The van der Waals surface area contributed by atoms with Crippen LogP contribution in [0.5, 0.6) is 5.75 Å². The Kier molecular flexibility index (Phi) is 4.40. The molecule has 0 radical (unpaired) electrons. The van der Waals surface area contributed by atoms with Crippen LogP contribution < -0.4 is 10.2 Å². The summed E-state index contributed by atoms with van der Waals surface area (Å²) in [5.74, 6) is -1.49. The minimum atomic E-state index is -0.561. The molecule has 7 heteroatoms. The van der Waals surface area contributed by atoms with E-state index in [2.05, 4.69) is 5.32 Å². The number of hydrogen-bond donors (Lipinski definition) is 2. The summed E-state index contributed by atoms with van der Waals surface area (Å²) in [6.45, 7) is 0.199. The van der Waals surface area contributed by atoms with Gasteiger partial charge in [0.1, 0.15) is 11.6 Å². The lowest BCUT2D eigenvalue weighted by molar-refractivity contribution is -0.122. The summed E-state index contributed by atoms with van der Waals surface area (Å²) in [5, 5.41) is 11.9. The van der Waals surface area contributed by atoms with Crippen LogP contribution >= 0.6 is 11.6 Å². The van der Waals surface area contributed by atoms with Crippen LogP contribution in [-0.2, 0) is 9.59 Å². The first-order valence-corrected chi connectivity index (χ1v) is 7.67. The van der Waals surface area contributed by atoms with Crippen molar-refractivity contribution in [3.8, 4) is 5.75 Å². The first-order chi connectivity index (χ1) is 11.4. The van der Waals surface area contributed by atoms with Gasteiger partial charge in [-0.25, -0.2) is 4.39 Å². The average Bonchev–Trinajstić information content (AvgIpc) is 2.94. The number of nitrogens with one attached hydrogen (secondary N) is 1. The summed E-state index contributed by atoms with van der Waals surface area (Å²) in [6, 6.07) is 10.1. The smallest absolute Gasteiger partial charge is 0.229 e. The maximum atomic E-state index is 13.2. The van der Waals surface area contributed by atoms with E-state index in [9.17, 15) is 19.1 Å². The number of halogens is 2. The molecule has 0 spiro atoms. The summed E-state index contributed by atoms with van der Waals surface area (Å²) in [5.41, 5.74) is 1.000. The molecule has 2 aromatic rings. The number of nitrogens with zero attached hydrogens (tertiary/aromatic N) is 1. The molecule has 1 saturated heterocycles. The molecule has 0 aliphatic carbocycles. The fourth-order valence-electron chi connectivity index (χ4n) is 2.57. The number of rotatable bonds is 3. The van der Waals surface area contributed by atoms with Gasteiger partial charge in [0.25, 0.3) is 0 Å². The van der Waals surface area contributed by atoms with E-state index >= 15 is 0 Å². The third-order valence-electron chi connectivity index (χ3n) is 3.85. The first kappa shape index (κ1) is 16.3. The fraction of sp³-hybridized carbons (Fsp3) is 0.176. The summed E-state index contributed by atoms with van der Waals surface area (Å²) in [6.07, 6.45) is 0.0684. The predicted molar refractivity (Wildman–Crippen MR) is 88.6 cm³/mol. The number of phenolic OH excluding ortho intramolecular Hbond substituents is 1. The van der Waals surface area contributed by atoms with E-state index < -0.39 is 11.7 Å². The minimum absolute atomic E-state index is 0.0684. The largest absolute Gasteiger partial charge is 0.508 e. The van der Waals surface area contributed by atoms with Crippen molar-refractivity contribution in [3.05, 3.63) is 53.3 Å². The van der Waals surface area contributed by atoms with Gasteiger partial charge in [0.2, 0.25) is 11.8 Å². The Morgan fingerprint density at radius 3 is 2.62 bits per heavy atom. The molecule has 2 amide bonds. The number of amides is 2. The second kappa shape index (κ2) is 6.49. The Bertz CT molecular complexity index is 795. The molecule has 24 heavy (non-hydrogen) atoms. The number of phenols is 1. The normalized spacial score (nSPS) is 17.2. The maximum absolute atomic E-state index is 13.2. The monoisotopic (exact) mass is 348 g/mol. The second-order valence-electron chi connectivity index (χ2n) is 5.54. The molecule has 0 saturated carbocycles. The van der Waals surface area contributed by atoms with Gasteiger partial charge in [-0.15, -0.1) is 0 Å². The SMILES string of the molecule is O=C(Nc1ccc(O)cc1)C1CC(=O)N(c2ccc(F)c(Cl)c2)C1. The summed E-state index contributed by atoms with van der Waals surface area (Å²) < 4.78 is 13.2. The zero-order valence-electron chi connectivity index (χ0n) is 12.5. The van der Waals surface area contributed by atoms with Crippen LogP contribution in [-0.4, -0.2) is 23.5 Å². The van der Waals surface area contributed by atoms with Gasteiger partial charge in [0.05, 0.1) is 10.9 Å². The molecule has 0 bridgehead atoms. The molecule has 0 aromatic heterocycles. The Labute approximate surface area is 142 Å². The molecule has 5 nitrogen and oxygen atoms in total. The highest BCUT2D eigenvalue weighted by molar-refractivity contribution is 6.31. The van der Waals surface area contributed by atoms with Gasteiger partial charge < -0.3 is 15.3 Å². The number of carbonyl (C=O) groups excluding carboxylic acids is 2. The Hall–Kier alpha value is -2.60. The highest BCUT2D eigenvalue weighted by Crippen LogP contribution is 2.29. The van der Waals surface area contributed by atoms with Gasteiger partial charge in [-0.3, -0.25) is 9.59 Å². The molecule has 2 aromatic carbocycles. The molecule has 3 rings (SSSR count). The summed E-state index contributed by atoms with van der Waals surface area (Å²) in [4.78, 5) is 25.9. The standard InChI is InChI=1S/C17H14ClFN2O3/c18-14-8-12(3-6-15(14)19)21-9-10(7-16(21)23)17(24)20-11-1-4-13(22)5-2-11/h1-6,8,10,22H,7,9H2,(H,20,24). The summed E-state index contributed by atoms with van der Waals surface area (Å²) >= 11 is 5.75. The second-order valence-corrected chi connectivity index (χ2v) is 5.95. The third-order valence-corrected chi connectivity index (χ3v) is 4.14. The predicted octanol–water partition coefficient (Wildman–Crippen LogP) is 3.18. The number of hydrogen-bond acceptors (Lipinski definition) is 3. The van der Waals surface area contributed by atoms with Gasteiger partial charge in [-0.1, -0.05) is 11.6 Å². The molecular weight excluding hydrogens is 335 g/mol. The molecule has 1 heterocycles. The number of carbonyl (C=O) groups is 2. The lowest BCUT2D eigenvalue weighted by Gasteiger charge is -2.17. The van der Waals surface area contributed by atoms with Crippen molar-refractivity contribution < 1.29 is 19.1 Å². The average molecular weight is 349 g/mol. The molecule has 124 valence electrons. The van der Waals surface area contributed by atoms with Gasteiger partial charge in [0, 0.05) is 24.3 Å². The summed E-state index contributed by atoms with van der Waals surface area (Å²) in [7, 11) is 0. The minimum Gasteiger partial charge on any atom is -0.508 e. The molecule has 1 atom stereocenters. The van der Waals surface area contributed by atoms with Crippen molar-refractivity contribution in [3.63, 3.8) is 0 Å². The third kappa shape index (κ3) is 3.33. The first-order valence-electron chi connectivity index (χ1n) is 7.29. The van der Waals surface area contributed by atoms with Crippen molar-refractivity contribution >= 4 is 34.8 Å². The van der Waals surface area contributed by atoms with Gasteiger partial charge in [-0.2, -0.15) is 0 Å². The van der Waals surface area contributed by atoms with Crippen LogP contribution in [0.15, 0.2) is 42.5 Å². The lowest BCUT2D eigenvalue weighted by atomic mass is 10.1. The van der Waals surface area contributed by atoms with Crippen LogP contribution in [0.3, 0.4) is 0 Å². The maximum Gasteiger partial charge on any atom is 0.229 e. The van der Waals surface area contributed by atoms with Crippen molar-refractivity contribution in [2.45, 2.75) is 6.42 Å². The Balaban J connectivity index is 1.70. The Morgan fingerprint density at radius 2 is 1.96 bits per heavy atom. The van der Waals surface area contributed by atoms with Crippen LogP contribution in [0.25, 0.3) is 0 Å². The van der Waals surface area contributed by atoms with E-state index in [0.717, 1.165) is 0 Å². The van der Waals surface area contributed by atoms with Crippen molar-refractivity contribution in [2.75, 3.05) is 16.8 Å². The fourth-order valence-corrected chi connectivity index (χ4v) is 2.75. The molecule has 1 aliphatic rings. The molecule has 1 unspecified atom stereocenters. The van der Waals surface area contributed by atoms with E-state index in [1.807, 2.05) is 0 Å². The Morgan fingerprint density at radius 1 is 1.25 bits per heavy atom. The van der Waals surface area contributed by atoms with Gasteiger partial charge in [-0.05, 0) is 42.5 Å². The van der Waals surface area contributed by atoms with E-state index in [0.29, 0.717) is 11.4 Å². The lowest BCUT2D eigenvalue weighted by Crippen LogP contribution is -2.28. The van der Waals surface area contributed by atoms with Gasteiger partial charge in [0.15, 0.2) is 0 Å². The molecular formula is C17H14ClFN2O3. The van der Waals surface area contributed by atoms with E-state index in [1.54, 1.807) is 12.1 Å². The van der Waals surface area contributed by atoms with E-state index in [-0.39, 0.29) is 35.6 Å². The number of aromatic hydroxyl groups is 1. The van der Waals surface area contributed by atoms with Crippen molar-refractivity contribution in [1.82, 2.24) is 0 Å². The zero-order valence-corrected chi connectivity index (χ0v) is 13.3. The quantitative estimate of drug-likeness (QED) is 0.837. The number of anilines is 2. The van der Waals surface area contributed by atoms with Crippen LogP contribution in [0.2, 0.25) is 5.02 Å². The van der Waals surface area contributed by atoms with Crippen LogP contribution in [0, 0.1) is 11.7 Å². The molecule has 2 N–H and O–H groups in total. The number of benzene rings is 2.